The summed E-state index contributed by atoms with van der Waals surface area (Å²) in [4.78, 5) is 37.5. The Bertz CT molecular complexity index is 716. The van der Waals surface area contributed by atoms with E-state index in [-0.39, 0.29) is 29.4 Å². The van der Waals surface area contributed by atoms with Crippen LogP contribution in [0.5, 0.6) is 5.75 Å². The molecule has 26 heavy (non-hydrogen) atoms. The summed E-state index contributed by atoms with van der Waals surface area (Å²) in [5.74, 6) is -1.59. The van der Waals surface area contributed by atoms with Gasteiger partial charge in [-0.25, -0.2) is 0 Å². The first kappa shape index (κ1) is 19.0. The van der Waals surface area contributed by atoms with E-state index in [9.17, 15) is 14.4 Å². The van der Waals surface area contributed by atoms with E-state index >= 15 is 0 Å². The molecule has 1 aliphatic carbocycles. The fourth-order valence-electron chi connectivity index (χ4n) is 3.50. The van der Waals surface area contributed by atoms with Crippen molar-refractivity contribution in [1.29, 1.82) is 0 Å². The highest BCUT2D eigenvalue weighted by Gasteiger charge is 2.49. The van der Waals surface area contributed by atoms with Crippen LogP contribution in [-0.4, -0.2) is 28.8 Å². The number of hydrazine groups is 1. The van der Waals surface area contributed by atoms with Gasteiger partial charge in [-0.05, 0) is 31.4 Å². The van der Waals surface area contributed by atoms with Crippen molar-refractivity contribution in [2.45, 2.75) is 45.1 Å². The normalized spacial score (nSPS) is 23.6. The number of carbonyl (C=O) groups excluding carboxylic acids is 3. The lowest BCUT2D eigenvalue weighted by atomic mass is 9.81. The molecule has 1 saturated carbocycles. The molecule has 0 aromatic heterocycles. The molecular weight excluding hydrogens is 379 g/mol. The quantitative estimate of drug-likeness (QED) is 0.771. The Labute approximate surface area is 161 Å². The van der Waals surface area contributed by atoms with Crippen LogP contribution < -0.4 is 10.2 Å². The standard InChI is InChI=1S/C18H20Cl2N2O4/c1-2-14(26-15-9-10(19)7-8-13(15)20)16(23)21-22-17(24)11-5-3-4-6-12(11)18(22)25/h7-9,11-12,14H,2-6H2,1H3,(H,21,23). The van der Waals surface area contributed by atoms with Crippen LogP contribution in [0.1, 0.15) is 39.0 Å². The number of imide groups is 1. The van der Waals surface area contributed by atoms with Crippen molar-refractivity contribution in [3.05, 3.63) is 28.2 Å². The number of fused-ring (bicyclic) bond motifs is 1. The zero-order chi connectivity index (χ0) is 18.8. The van der Waals surface area contributed by atoms with Gasteiger partial charge >= 0.3 is 0 Å². The lowest BCUT2D eigenvalue weighted by molar-refractivity contribution is -0.151. The molecule has 3 amide bonds. The molecule has 1 heterocycles. The Morgan fingerprint density at radius 2 is 1.85 bits per heavy atom. The van der Waals surface area contributed by atoms with E-state index in [1.165, 1.54) is 6.07 Å². The largest absolute Gasteiger partial charge is 0.479 e. The molecule has 1 saturated heterocycles. The first-order valence-corrected chi connectivity index (χ1v) is 9.48. The molecule has 1 aromatic rings. The number of rotatable bonds is 5. The Morgan fingerprint density at radius 3 is 2.42 bits per heavy atom. The van der Waals surface area contributed by atoms with Gasteiger partial charge in [-0.1, -0.05) is 43.0 Å². The van der Waals surface area contributed by atoms with E-state index in [4.69, 9.17) is 27.9 Å². The summed E-state index contributed by atoms with van der Waals surface area (Å²) in [7, 11) is 0. The van der Waals surface area contributed by atoms with E-state index in [0.29, 0.717) is 29.3 Å². The maximum absolute atomic E-state index is 12.6. The van der Waals surface area contributed by atoms with E-state index in [0.717, 1.165) is 17.9 Å². The summed E-state index contributed by atoms with van der Waals surface area (Å²) in [6.07, 6.45) is 2.65. The molecule has 3 unspecified atom stereocenters. The third kappa shape index (κ3) is 3.67. The number of benzene rings is 1. The molecule has 1 aliphatic heterocycles. The van der Waals surface area contributed by atoms with Gasteiger partial charge in [-0.15, -0.1) is 0 Å². The van der Waals surface area contributed by atoms with Gasteiger partial charge < -0.3 is 4.74 Å². The number of hydrogen-bond acceptors (Lipinski definition) is 4. The van der Waals surface area contributed by atoms with Gasteiger partial charge in [0.2, 0.25) is 0 Å². The zero-order valence-electron chi connectivity index (χ0n) is 14.3. The Morgan fingerprint density at radius 1 is 1.23 bits per heavy atom. The molecule has 6 nitrogen and oxygen atoms in total. The maximum Gasteiger partial charge on any atom is 0.279 e. The second-order valence-corrected chi connectivity index (χ2v) is 7.42. The van der Waals surface area contributed by atoms with Crippen LogP contribution in [0, 0.1) is 11.8 Å². The van der Waals surface area contributed by atoms with Crippen LogP contribution in [-0.2, 0) is 14.4 Å². The van der Waals surface area contributed by atoms with Crippen molar-refractivity contribution in [1.82, 2.24) is 10.4 Å². The van der Waals surface area contributed by atoms with Gasteiger partial charge in [0.1, 0.15) is 5.75 Å². The van der Waals surface area contributed by atoms with Crippen molar-refractivity contribution in [3.8, 4) is 5.75 Å². The van der Waals surface area contributed by atoms with Crippen LogP contribution in [0.2, 0.25) is 10.0 Å². The lowest BCUT2D eigenvalue weighted by Crippen LogP contribution is -2.51. The molecule has 3 atom stereocenters. The maximum atomic E-state index is 12.6. The zero-order valence-corrected chi connectivity index (χ0v) is 15.8. The number of halogens is 2. The minimum atomic E-state index is -0.908. The molecule has 1 aromatic carbocycles. The van der Waals surface area contributed by atoms with Gasteiger partial charge in [-0.2, -0.15) is 5.01 Å². The van der Waals surface area contributed by atoms with Gasteiger partial charge in [0, 0.05) is 11.1 Å². The van der Waals surface area contributed by atoms with E-state index in [1.807, 2.05) is 0 Å². The Kier molecular flexibility index (Phi) is 5.73. The minimum absolute atomic E-state index is 0.272. The third-order valence-corrected chi connectivity index (χ3v) is 5.44. The summed E-state index contributed by atoms with van der Waals surface area (Å²) in [6.45, 7) is 1.76. The second-order valence-electron chi connectivity index (χ2n) is 6.57. The number of nitrogens with zero attached hydrogens (tertiary/aromatic N) is 1. The van der Waals surface area contributed by atoms with Crippen LogP contribution >= 0.6 is 23.2 Å². The molecule has 0 spiro atoms. The van der Waals surface area contributed by atoms with Gasteiger partial charge in [0.05, 0.1) is 16.9 Å². The van der Waals surface area contributed by atoms with Crippen molar-refractivity contribution in [2.75, 3.05) is 0 Å². The summed E-state index contributed by atoms with van der Waals surface area (Å²) < 4.78 is 5.66. The van der Waals surface area contributed by atoms with E-state index in [1.54, 1.807) is 19.1 Å². The predicted molar refractivity (Wildman–Crippen MR) is 96.6 cm³/mol. The topological polar surface area (TPSA) is 75.7 Å². The van der Waals surface area contributed by atoms with Gasteiger partial charge in [-0.3, -0.25) is 19.8 Å². The van der Waals surface area contributed by atoms with E-state index in [2.05, 4.69) is 5.43 Å². The van der Waals surface area contributed by atoms with Crippen LogP contribution in [0.3, 0.4) is 0 Å². The molecule has 3 rings (SSSR count). The molecule has 2 aliphatic rings. The lowest BCUT2D eigenvalue weighted by Gasteiger charge is -2.22. The van der Waals surface area contributed by atoms with Crippen molar-refractivity contribution in [2.24, 2.45) is 11.8 Å². The molecular formula is C18H20Cl2N2O4. The Hall–Kier alpha value is -1.79. The highest BCUT2D eigenvalue weighted by atomic mass is 35.5. The SMILES string of the molecule is CCC(Oc1cc(Cl)ccc1Cl)C(=O)NN1C(=O)C2CCCCC2C1=O. The van der Waals surface area contributed by atoms with Crippen LogP contribution in [0.4, 0.5) is 0 Å². The Balaban J connectivity index is 1.70. The number of hydrogen-bond donors (Lipinski definition) is 1. The third-order valence-electron chi connectivity index (χ3n) is 4.89. The summed E-state index contributed by atoms with van der Waals surface area (Å²) in [6, 6.07) is 4.70. The van der Waals surface area contributed by atoms with Crippen molar-refractivity contribution in [3.63, 3.8) is 0 Å². The van der Waals surface area contributed by atoms with Gasteiger partial charge in [0.15, 0.2) is 6.10 Å². The fraction of sp³-hybridized carbons (Fsp3) is 0.500. The number of carbonyl (C=O) groups is 3. The predicted octanol–water partition coefficient (Wildman–Crippen LogP) is 3.36. The van der Waals surface area contributed by atoms with E-state index < -0.39 is 12.0 Å². The monoisotopic (exact) mass is 398 g/mol. The average Bonchev–Trinajstić information content (AvgIpc) is 2.87. The second kappa shape index (κ2) is 7.84. The van der Waals surface area contributed by atoms with Crippen LogP contribution in [0.15, 0.2) is 18.2 Å². The van der Waals surface area contributed by atoms with Crippen molar-refractivity contribution >= 4 is 40.9 Å². The number of amides is 3. The average molecular weight is 399 g/mol. The minimum Gasteiger partial charge on any atom is -0.479 e. The summed E-state index contributed by atoms with van der Waals surface area (Å²) >= 11 is 12.0. The molecule has 140 valence electrons. The molecule has 8 heteroatoms. The first-order chi connectivity index (χ1) is 12.4. The smallest absolute Gasteiger partial charge is 0.279 e. The van der Waals surface area contributed by atoms with Gasteiger partial charge in [0.25, 0.3) is 17.7 Å². The number of ether oxygens (including phenoxy) is 1. The van der Waals surface area contributed by atoms with Crippen LogP contribution in [0.25, 0.3) is 0 Å². The number of nitrogens with one attached hydrogen (secondary N) is 1. The highest BCUT2D eigenvalue weighted by Crippen LogP contribution is 2.37. The fourth-order valence-corrected chi connectivity index (χ4v) is 3.82. The summed E-state index contributed by atoms with van der Waals surface area (Å²) in [5, 5.41) is 1.61. The molecule has 0 bridgehead atoms. The summed E-state index contributed by atoms with van der Waals surface area (Å²) in [5.41, 5.74) is 2.43. The molecule has 1 N–H and O–H groups in total. The molecule has 0 radical (unpaired) electrons. The highest BCUT2D eigenvalue weighted by molar-refractivity contribution is 6.34. The van der Waals surface area contributed by atoms with Crippen molar-refractivity contribution < 1.29 is 19.1 Å². The first-order valence-electron chi connectivity index (χ1n) is 8.72. The molecule has 2 fully saturated rings.